The number of aromatic nitrogens is 2. The molecule has 0 spiro atoms. The third-order valence-electron chi connectivity index (χ3n) is 2.98. The van der Waals surface area contributed by atoms with Gasteiger partial charge < -0.3 is 15.8 Å². The summed E-state index contributed by atoms with van der Waals surface area (Å²) in [5.74, 6) is 0.819. The van der Waals surface area contributed by atoms with E-state index < -0.39 is 0 Å². The van der Waals surface area contributed by atoms with Gasteiger partial charge in [0.2, 0.25) is 0 Å². The summed E-state index contributed by atoms with van der Waals surface area (Å²) in [6, 6.07) is 7.83. The van der Waals surface area contributed by atoms with Gasteiger partial charge in [0, 0.05) is 5.38 Å². The van der Waals surface area contributed by atoms with Gasteiger partial charge in [-0.05, 0) is 26.0 Å². The number of para-hydroxylation sites is 2. The van der Waals surface area contributed by atoms with Crippen LogP contribution in [0, 0.1) is 6.92 Å². The summed E-state index contributed by atoms with van der Waals surface area (Å²) in [5.41, 5.74) is 8.47. The molecule has 0 aliphatic heterocycles. The Hall–Kier alpha value is -2.12. The Labute approximate surface area is 136 Å². The molecule has 0 unspecified atom stereocenters. The van der Waals surface area contributed by atoms with Gasteiger partial charge in [0.25, 0.3) is 0 Å². The molecule has 1 aromatic carbocycles. The van der Waals surface area contributed by atoms with Gasteiger partial charge in [0.1, 0.15) is 5.75 Å². The van der Waals surface area contributed by atoms with Crippen molar-refractivity contribution in [3.05, 3.63) is 35.3 Å². The van der Waals surface area contributed by atoms with Crippen molar-refractivity contribution in [2.45, 2.75) is 13.8 Å². The number of nitrogens with zero attached hydrogens (tertiary/aromatic N) is 2. The van der Waals surface area contributed by atoms with Crippen LogP contribution < -0.4 is 15.8 Å². The van der Waals surface area contributed by atoms with Crippen LogP contribution in [0.25, 0.3) is 10.6 Å². The van der Waals surface area contributed by atoms with Gasteiger partial charge >= 0.3 is 0 Å². The van der Waals surface area contributed by atoms with E-state index in [0.29, 0.717) is 11.7 Å². The van der Waals surface area contributed by atoms with Gasteiger partial charge in [-0.2, -0.15) is 0 Å². The number of anilines is 3. The van der Waals surface area contributed by atoms with Crippen LogP contribution in [-0.2, 0) is 0 Å². The molecule has 3 aromatic rings. The summed E-state index contributed by atoms with van der Waals surface area (Å²) in [4.78, 5) is 9.87. The number of ether oxygens (including phenoxy) is 1. The number of rotatable bonds is 5. The Bertz CT molecular complexity index is 781. The van der Waals surface area contributed by atoms with Crippen LogP contribution in [0.1, 0.15) is 12.6 Å². The van der Waals surface area contributed by atoms with E-state index in [1.54, 1.807) is 11.3 Å². The standard InChI is InChI=1S/C15H16N4OS2/c1-3-20-12-7-5-4-6-10(12)18-15-19-11(8-21-15)13-9(2)17-14(16)22-13/h4-8H,3H2,1-2H3,(H2,16,17)(H,18,19). The molecule has 0 fully saturated rings. The molecule has 0 radical (unpaired) electrons. The number of thiazole rings is 2. The lowest BCUT2D eigenvalue weighted by Crippen LogP contribution is -1.97. The second kappa shape index (κ2) is 6.33. The van der Waals surface area contributed by atoms with E-state index in [9.17, 15) is 0 Å². The minimum atomic E-state index is 0.566. The molecule has 0 atom stereocenters. The number of nitrogens with two attached hydrogens (primary N) is 1. The first-order valence-corrected chi connectivity index (χ1v) is 8.54. The van der Waals surface area contributed by atoms with Crippen molar-refractivity contribution >= 4 is 38.6 Å². The normalized spacial score (nSPS) is 10.6. The fourth-order valence-corrected chi connectivity index (χ4v) is 3.64. The zero-order valence-electron chi connectivity index (χ0n) is 12.3. The van der Waals surface area contributed by atoms with Gasteiger partial charge in [-0.1, -0.05) is 23.5 Å². The van der Waals surface area contributed by atoms with Crippen LogP contribution in [0.3, 0.4) is 0 Å². The summed E-state index contributed by atoms with van der Waals surface area (Å²) < 4.78 is 5.61. The van der Waals surface area contributed by atoms with E-state index >= 15 is 0 Å². The highest BCUT2D eigenvalue weighted by Crippen LogP contribution is 2.35. The number of aryl methyl sites for hydroxylation is 1. The molecule has 0 saturated heterocycles. The number of nitrogen functional groups attached to an aromatic ring is 1. The van der Waals surface area contributed by atoms with Gasteiger partial charge in [-0.25, -0.2) is 9.97 Å². The molecule has 0 bridgehead atoms. The summed E-state index contributed by atoms with van der Waals surface area (Å²) in [6.07, 6.45) is 0. The lowest BCUT2D eigenvalue weighted by Gasteiger charge is -2.09. The monoisotopic (exact) mass is 332 g/mol. The highest BCUT2D eigenvalue weighted by atomic mass is 32.1. The molecule has 5 nitrogen and oxygen atoms in total. The molecule has 0 aliphatic rings. The predicted molar refractivity (Wildman–Crippen MR) is 93.3 cm³/mol. The fraction of sp³-hybridized carbons (Fsp3) is 0.200. The first kappa shape index (κ1) is 14.8. The molecular weight excluding hydrogens is 316 g/mol. The molecule has 7 heteroatoms. The van der Waals surface area contributed by atoms with Crippen molar-refractivity contribution in [3.63, 3.8) is 0 Å². The van der Waals surface area contributed by atoms with Crippen molar-refractivity contribution in [2.24, 2.45) is 0 Å². The van der Waals surface area contributed by atoms with Crippen LogP contribution in [0.5, 0.6) is 5.75 Å². The molecule has 3 N–H and O–H groups in total. The fourth-order valence-electron chi connectivity index (χ4n) is 2.06. The van der Waals surface area contributed by atoms with Crippen LogP contribution in [0.2, 0.25) is 0 Å². The molecule has 2 heterocycles. The maximum atomic E-state index is 5.75. The van der Waals surface area contributed by atoms with Crippen molar-refractivity contribution in [1.82, 2.24) is 9.97 Å². The second-order valence-corrected chi connectivity index (χ2v) is 6.45. The molecule has 22 heavy (non-hydrogen) atoms. The van der Waals surface area contributed by atoms with Gasteiger partial charge in [0.15, 0.2) is 10.3 Å². The number of nitrogens with one attached hydrogen (secondary N) is 1. The number of hydrogen-bond acceptors (Lipinski definition) is 7. The van der Waals surface area contributed by atoms with Crippen LogP contribution in [0.15, 0.2) is 29.6 Å². The molecular formula is C15H16N4OS2. The third kappa shape index (κ3) is 3.05. The predicted octanol–water partition coefficient (Wildman–Crippen LogP) is 4.30. The lowest BCUT2D eigenvalue weighted by atomic mass is 10.3. The highest BCUT2D eigenvalue weighted by Gasteiger charge is 2.12. The SMILES string of the molecule is CCOc1ccccc1Nc1nc(-c2sc(N)nc2C)cs1. The van der Waals surface area contributed by atoms with Crippen molar-refractivity contribution in [3.8, 4) is 16.3 Å². The van der Waals surface area contributed by atoms with Crippen LogP contribution >= 0.6 is 22.7 Å². The van der Waals surface area contributed by atoms with Gasteiger partial charge in [0.05, 0.1) is 28.6 Å². The van der Waals surface area contributed by atoms with Crippen LogP contribution in [-0.4, -0.2) is 16.6 Å². The molecule has 114 valence electrons. The van der Waals surface area contributed by atoms with Crippen molar-refractivity contribution in [1.29, 1.82) is 0 Å². The number of hydrogen-bond donors (Lipinski definition) is 2. The highest BCUT2D eigenvalue weighted by molar-refractivity contribution is 7.19. The molecule has 2 aromatic heterocycles. The van der Waals surface area contributed by atoms with E-state index in [2.05, 4.69) is 15.3 Å². The Kier molecular flexibility index (Phi) is 4.26. The summed E-state index contributed by atoms with van der Waals surface area (Å²) in [5, 5.41) is 6.69. The van der Waals surface area contributed by atoms with Crippen LogP contribution in [0.4, 0.5) is 16.0 Å². The first-order valence-electron chi connectivity index (χ1n) is 6.85. The summed E-state index contributed by atoms with van der Waals surface area (Å²) >= 11 is 3.00. The third-order valence-corrected chi connectivity index (χ3v) is 4.75. The molecule has 3 rings (SSSR count). The van der Waals surface area contributed by atoms with E-state index in [-0.39, 0.29) is 0 Å². The van der Waals surface area contributed by atoms with E-state index in [1.807, 2.05) is 43.5 Å². The minimum Gasteiger partial charge on any atom is -0.492 e. The minimum absolute atomic E-state index is 0.566. The van der Waals surface area contributed by atoms with E-state index in [1.165, 1.54) is 11.3 Å². The quantitative estimate of drug-likeness (QED) is 0.729. The summed E-state index contributed by atoms with van der Waals surface area (Å²) in [6.45, 7) is 4.54. The van der Waals surface area contributed by atoms with Crippen molar-refractivity contribution in [2.75, 3.05) is 17.7 Å². The molecule has 0 aliphatic carbocycles. The molecule has 0 amide bonds. The van der Waals surface area contributed by atoms with Gasteiger partial charge in [-0.3, -0.25) is 0 Å². The smallest absolute Gasteiger partial charge is 0.187 e. The Morgan fingerprint density at radius 3 is 2.82 bits per heavy atom. The van der Waals surface area contributed by atoms with Crippen molar-refractivity contribution < 1.29 is 4.74 Å². The zero-order valence-corrected chi connectivity index (χ0v) is 13.9. The average molecular weight is 332 g/mol. The molecule has 0 saturated carbocycles. The maximum absolute atomic E-state index is 5.75. The number of benzene rings is 1. The zero-order chi connectivity index (χ0) is 15.5. The Morgan fingerprint density at radius 1 is 1.27 bits per heavy atom. The second-order valence-electron chi connectivity index (χ2n) is 4.56. The van der Waals surface area contributed by atoms with Gasteiger partial charge in [-0.15, -0.1) is 11.3 Å². The van der Waals surface area contributed by atoms with E-state index in [4.69, 9.17) is 10.5 Å². The lowest BCUT2D eigenvalue weighted by molar-refractivity contribution is 0.342. The largest absolute Gasteiger partial charge is 0.492 e. The average Bonchev–Trinajstić information content (AvgIpc) is 3.07. The maximum Gasteiger partial charge on any atom is 0.187 e. The topological polar surface area (TPSA) is 73.1 Å². The summed E-state index contributed by atoms with van der Waals surface area (Å²) in [7, 11) is 0. The first-order chi connectivity index (χ1) is 10.7. The Morgan fingerprint density at radius 2 is 2.09 bits per heavy atom. The van der Waals surface area contributed by atoms with E-state index in [0.717, 1.165) is 32.8 Å². The Balaban J connectivity index is 1.85.